The Bertz CT molecular complexity index is 1390. The molecule has 11 nitrogen and oxygen atoms in total. The number of non-ortho nitro benzene ring substituents is 1. The SMILES string of the molecule is COc1ccc(C=C(NC(=O)c2ccccc2)C(=O)N/N=C/c2cc([N+](=O)[O-])cc(Br)c2O)cc1OC. The van der Waals surface area contributed by atoms with Crippen LogP contribution >= 0.6 is 15.9 Å². The van der Waals surface area contributed by atoms with Gasteiger partial charge in [-0.3, -0.25) is 19.7 Å². The molecule has 0 fully saturated rings. The van der Waals surface area contributed by atoms with E-state index in [1.807, 2.05) is 0 Å². The highest BCUT2D eigenvalue weighted by molar-refractivity contribution is 9.10. The van der Waals surface area contributed by atoms with Crippen LogP contribution in [0.5, 0.6) is 17.2 Å². The lowest BCUT2D eigenvalue weighted by atomic mass is 10.1. The number of benzene rings is 3. The summed E-state index contributed by atoms with van der Waals surface area (Å²) in [5.74, 6) is -0.741. The first-order valence-corrected chi connectivity index (χ1v) is 11.3. The minimum Gasteiger partial charge on any atom is -0.506 e. The Hall–Kier alpha value is -4.71. The van der Waals surface area contributed by atoms with Crippen LogP contribution in [0.15, 0.2) is 75.9 Å². The zero-order chi connectivity index (χ0) is 26.9. The normalized spacial score (nSPS) is 11.2. The number of nitro benzene ring substituents is 1. The molecule has 0 bridgehead atoms. The molecule has 2 amide bonds. The van der Waals surface area contributed by atoms with Crippen LogP contribution in [-0.4, -0.2) is 42.3 Å². The highest BCUT2D eigenvalue weighted by Crippen LogP contribution is 2.31. The number of halogens is 1. The predicted molar refractivity (Wildman–Crippen MR) is 140 cm³/mol. The lowest BCUT2D eigenvalue weighted by Crippen LogP contribution is -2.32. The molecule has 190 valence electrons. The van der Waals surface area contributed by atoms with Gasteiger partial charge in [-0.05, 0) is 51.8 Å². The molecular formula is C25H21BrN4O7. The number of hydrogen-bond acceptors (Lipinski definition) is 8. The van der Waals surface area contributed by atoms with Crippen LogP contribution < -0.4 is 20.2 Å². The minimum atomic E-state index is -0.792. The number of carbonyl (C=O) groups excluding carboxylic acids is 2. The second kappa shape index (κ2) is 12.3. The van der Waals surface area contributed by atoms with Gasteiger partial charge in [0.15, 0.2) is 11.5 Å². The summed E-state index contributed by atoms with van der Waals surface area (Å²) in [5.41, 5.74) is 2.63. The number of ether oxygens (including phenoxy) is 2. The lowest BCUT2D eigenvalue weighted by Gasteiger charge is -2.11. The second-order valence-electron chi connectivity index (χ2n) is 7.31. The van der Waals surface area contributed by atoms with Gasteiger partial charge in [0, 0.05) is 23.3 Å². The summed E-state index contributed by atoms with van der Waals surface area (Å²) in [6, 6.07) is 15.4. The number of phenolic OH excluding ortho intramolecular Hbond substituents is 1. The summed E-state index contributed by atoms with van der Waals surface area (Å²) in [4.78, 5) is 36.2. The summed E-state index contributed by atoms with van der Waals surface area (Å²) in [5, 5.41) is 27.6. The number of carbonyl (C=O) groups is 2. The van der Waals surface area contributed by atoms with Gasteiger partial charge in [-0.1, -0.05) is 24.3 Å². The van der Waals surface area contributed by atoms with Crippen molar-refractivity contribution in [3.8, 4) is 17.2 Å². The predicted octanol–water partition coefficient (Wildman–Crippen LogP) is 4.00. The third-order valence-electron chi connectivity index (χ3n) is 4.91. The fraction of sp³-hybridized carbons (Fsp3) is 0.0800. The van der Waals surface area contributed by atoms with Gasteiger partial charge in [0.05, 0.1) is 29.8 Å². The maximum atomic E-state index is 13.0. The molecule has 0 aliphatic heterocycles. The summed E-state index contributed by atoms with van der Waals surface area (Å²) in [6.07, 6.45) is 2.45. The molecule has 12 heteroatoms. The third kappa shape index (κ3) is 6.92. The summed E-state index contributed by atoms with van der Waals surface area (Å²) in [7, 11) is 2.95. The Kier molecular flexibility index (Phi) is 8.95. The van der Waals surface area contributed by atoms with Crippen LogP contribution in [0.4, 0.5) is 5.69 Å². The van der Waals surface area contributed by atoms with Crippen LogP contribution in [0.2, 0.25) is 0 Å². The van der Waals surface area contributed by atoms with E-state index >= 15 is 0 Å². The van der Waals surface area contributed by atoms with Crippen molar-refractivity contribution >= 4 is 45.7 Å². The first kappa shape index (κ1) is 26.9. The molecule has 0 aliphatic carbocycles. The number of nitrogens with one attached hydrogen (secondary N) is 2. The van der Waals surface area contributed by atoms with E-state index in [9.17, 15) is 24.8 Å². The van der Waals surface area contributed by atoms with E-state index in [0.717, 1.165) is 18.3 Å². The van der Waals surface area contributed by atoms with Crippen molar-refractivity contribution in [3.05, 3.63) is 97.6 Å². The molecule has 3 N–H and O–H groups in total. The Labute approximate surface area is 219 Å². The van der Waals surface area contributed by atoms with Crippen LogP contribution in [0.3, 0.4) is 0 Å². The molecule has 0 spiro atoms. The molecule has 0 heterocycles. The molecule has 37 heavy (non-hydrogen) atoms. The fourth-order valence-corrected chi connectivity index (χ4v) is 3.55. The number of rotatable bonds is 9. The quantitative estimate of drug-likeness (QED) is 0.152. The molecule has 0 saturated carbocycles. The number of nitrogens with zero attached hydrogens (tertiary/aromatic N) is 2. The molecule has 3 aromatic rings. The van der Waals surface area contributed by atoms with Gasteiger partial charge >= 0.3 is 0 Å². The number of phenols is 1. The monoisotopic (exact) mass is 568 g/mol. The highest BCUT2D eigenvalue weighted by atomic mass is 79.9. The van der Waals surface area contributed by atoms with Gasteiger partial charge in [0.25, 0.3) is 17.5 Å². The molecule has 0 radical (unpaired) electrons. The number of hydrogen-bond donors (Lipinski definition) is 3. The first-order chi connectivity index (χ1) is 17.7. The Morgan fingerprint density at radius 3 is 2.41 bits per heavy atom. The molecule has 3 aromatic carbocycles. The zero-order valence-corrected chi connectivity index (χ0v) is 21.2. The Morgan fingerprint density at radius 1 is 1.05 bits per heavy atom. The van der Waals surface area contributed by atoms with Crippen LogP contribution in [0, 0.1) is 10.1 Å². The molecule has 0 aromatic heterocycles. The number of methoxy groups -OCH3 is 2. The maximum absolute atomic E-state index is 13.0. The van der Waals surface area contributed by atoms with E-state index < -0.39 is 16.7 Å². The number of amides is 2. The Morgan fingerprint density at radius 2 is 1.76 bits per heavy atom. The Balaban J connectivity index is 1.91. The fourth-order valence-electron chi connectivity index (χ4n) is 3.08. The molecule has 0 aliphatic rings. The van der Waals surface area contributed by atoms with Crippen LogP contribution in [0.1, 0.15) is 21.5 Å². The van der Waals surface area contributed by atoms with Crippen molar-refractivity contribution in [2.75, 3.05) is 14.2 Å². The van der Waals surface area contributed by atoms with Gasteiger partial charge < -0.3 is 19.9 Å². The number of hydrazone groups is 1. The molecule has 0 atom stereocenters. The van der Waals surface area contributed by atoms with Crippen molar-refractivity contribution in [2.45, 2.75) is 0 Å². The molecule has 3 rings (SSSR count). The minimum absolute atomic E-state index is 0.0138. The van der Waals surface area contributed by atoms with E-state index in [1.54, 1.807) is 48.5 Å². The van der Waals surface area contributed by atoms with Gasteiger partial charge in [-0.25, -0.2) is 5.43 Å². The second-order valence-corrected chi connectivity index (χ2v) is 8.17. The van der Waals surface area contributed by atoms with Crippen molar-refractivity contribution in [1.82, 2.24) is 10.7 Å². The van der Waals surface area contributed by atoms with Gasteiger partial charge in [0.1, 0.15) is 11.4 Å². The molecular weight excluding hydrogens is 548 g/mol. The average Bonchev–Trinajstić information content (AvgIpc) is 2.90. The number of nitro groups is 1. The summed E-state index contributed by atoms with van der Waals surface area (Å²) in [6.45, 7) is 0. The maximum Gasteiger partial charge on any atom is 0.287 e. The summed E-state index contributed by atoms with van der Waals surface area (Å²) >= 11 is 3.04. The third-order valence-corrected chi connectivity index (χ3v) is 5.51. The van der Waals surface area contributed by atoms with Crippen molar-refractivity contribution in [3.63, 3.8) is 0 Å². The van der Waals surface area contributed by atoms with E-state index in [1.165, 1.54) is 20.3 Å². The largest absolute Gasteiger partial charge is 0.506 e. The smallest absolute Gasteiger partial charge is 0.287 e. The van der Waals surface area contributed by atoms with E-state index in [2.05, 4.69) is 31.8 Å². The highest BCUT2D eigenvalue weighted by Gasteiger charge is 2.16. The lowest BCUT2D eigenvalue weighted by molar-refractivity contribution is -0.385. The van der Waals surface area contributed by atoms with E-state index in [4.69, 9.17) is 9.47 Å². The van der Waals surface area contributed by atoms with Crippen molar-refractivity contribution in [2.24, 2.45) is 5.10 Å². The first-order valence-electron chi connectivity index (χ1n) is 10.5. The van der Waals surface area contributed by atoms with E-state index in [0.29, 0.717) is 22.6 Å². The van der Waals surface area contributed by atoms with Gasteiger partial charge in [0.2, 0.25) is 0 Å². The van der Waals surface area contributed by atoms with E-state index in [-0.39, 0.29) is 27.2 Å². The van der Waals surface area contributed by atoms with Crippen molar-refractivity contribution in [1.29, 1.82) is 0 Å². The number of aromatic hydroxyl groups is 1. The topological polar surface area (TPSA) is 152 Å². The van der Waals surface area contributed by atoms with Crippen LogP contribution in [-0.2, 0) is 4.79 Å². The summed E-state index contributed by atoms with van der Waals surface area (Å²) < 4.78 is 10.6. The standard InChI is InChI=1S/C25H21BrN4O7/c1-36-21-9-8-15(11-22(21)37-2)10-20(28-24(32)16-6-4-3-5-7-16)25(33)29-27-14-17-12-18(30(34)35)13-19(26)23(17)31/h3-14,31H,1-2H3,(H,28,32)(H,29,33)/b20-10?,27-14+. The zero-order valence-electron chi connectivity index (χ0n) is 19.6. The van der Waals surface area contributed by atoms with Crippen LogP contribution in [0.25, 0.3) is 6.08 Å². The average molecular weight is 569 g/mol. The molecule has 0 unspecified atom stereocenters. The molecule has 0 saturated heterocycles. The van der Waals surface area contributed by atoms with Crippen molar-refractivity contribution < 1.29 is 29.1 Å². The van der Waals surface area contributed by atoms with Gasteiger partial charge in [-0.2, -0.15) is 5.10 Å². The van der Waals surface area contributed by atoms with Gasteiger partial charge in [-0.15, -0.1) is 0 Å².